The summed E-state index contributed by atoms with van der Waals surface area (Å²) in [5.41, 5.74) is 2.06. The SMILES string of the molecule is C[C@H]1c2nc(CC(=O)NCCc3ccncc3)cn2CCN1CC1CCC1. The molecule has 0 spiro atoms. The first-order chi connectivity index (χ1) is 13.2. The molecular formula is C21H29N5O. The number of amides is 1. The number of imidazole rings is 1. The molecule has 6 heteroatoms. The Balaban J connectivity index is 1.29. The highest BCUT2D eigenvalue weighted by Crippen LogP contribution is 2.31. The summed E-state index contributed by atoms with van der Waals surface area (Å²) in [6.45, 7) is 6.14. The Kier molecular flexibility index (Phi) is 5.53. The molecule has 1 aliphatic carbocycles. The standard InChI is InChI=1S/C21H29N5O/c1-16-21-24-19(13-20(27)23-10-7-17-5-8-22-9-6-17)15-26(21)12-11-25(16)14-18-3-2-4-18/h5-6,8-9,15-16,18H,2-4,7,10-14H2,1H3,(H,23,27)/t16-/m0/s1. The Labute approximate surface area is 161 Å². The minimum absolute atomic E-state index is 0.0403. The summed E-state index contributed by atoms with van der Waals surface area (Å²) in [4.78, 5) is 23.6. The van der Waals surface area contributed by atoms with Crippen molar-refractivity contribution in [3.8, 4) is 0 Å². The average molecular weight is 367 g/mol. The molecule has 1 N–H and O–H groups in total. The van der Waals surface area contributed by atoms with Crippen LogP contribution in [-0.4, -0.2) is 45.0 Å². The minimum Gasteiger partial charge on any atom is -0.355 e. The van der Waals surface area contributed by atoms with Crippen LogP contribution in [0.3, 0.4) is 0 Å². The van der Waals surface area contributed by atoms with E-state index in [0.29, 0.717) is 19.0 Å². The number of nitrogens with zero attached hydrogens (tertiary/aromatic N) is 4. The first-order valence-electron chi connectivity index (χ1n) is 10.1. The molecule has 3 heterocycles. The van der Waals surface area contributed by atoms with Crippen LogP contribution in [-0.2, 0) is 24.2 Å². The fourth-order valence-corrected chi connectivity index (χ4v) is 4.06. The summed E-state index contributed by atoms with van der Waals surface area (Å²) in [5.74, 6) is 2.03. The number of rotatable bonds is 7. The zero-order valence-electron chi connectivity index (χ0n) is 16.1. The van der Waals surface area contributed by atoms with Crippen LogP contribution in [0.15, 0.2) is 30.7 Å². The van der Waals surface area contributed by atoms with Crippen molar-refractivity contribution in [1.82, 2.24) is 24.8 Å². The largest absolute Gasteiger partial charge is 0.355 e. The Hall–Kier alpha value is -2.21. The van der Waals surface area contributed by atoms with Gasteiger partial charge in [-0.25, -0.2) is 4.98 Å². The molecule has 1 atom stereocenters. The molecule has 1 saturated carbocycles. The third kappa shape index (κ3) is 4.38. The smallest absolute Gasteiger partial charge is 0.226 e. The first-order valence-corrected chi connectivity index (χ1v) is 10.1. The number of fused-ring (bicyclic) bond motifs is 1. The predicted octanol–water partition coefficient (Wildman–Crippen LogP) is 2.36. The Morgan fingerprint density at radius 1 is 1.26 bits per heavy atom. The number of carbonyl (C=O) groups excluding carboxylic acids is 1. The number of nitrogens with one attached hydrogen (secondary N) is 1. The fraction of sp³-hybridized carbons (Fsp3) is 0.571. The second-order valence-corrected chi connectivity index (χ2v) is 7.88. The molecule has 4 rings (SSSR count). The molecule has 0 bridgehead atoms. The zero-order valence-corrected chi connectivity index (χ0v) is 16.1. The highest BCUT2D eigenvalue weighted by atomic mass is 16.1. The number of hydrogen-bond acceptors (Lipinski definition) is 4. The maximum atomic E-state index is 12.3. The van der Waals surface area contributed by atoms with Gasteiger partial charge in [-0.3, -0.25) is 14.7 Å². The topological polar surface area (TPSA) is 63.1 Å². The molecule has 27 heavy (non-hydrogen) atoms. The normalized spacial score (nSPS) is 20.1. The first kappa shape index (κ1) is 18.2. The quantitative estimate of drug-likeness (QED) is 0.816. The second kappa shape index (κ2) is 8.21. The number of pyridine rings is 1. The lowest BCUT2D eigenvalue weighted by atomic mass is 9.84. The third-order valence-electron chi connectivity index (χ3n) is 5.95. The van der Waals surface area contributed by atoms with Crippen molar-refractivity contribution in [2.45, 2.75) is 51.6 Å². The fourth-order valence-electron chi connectivity index (χ4n) is 4.06. The van der Waals surface area contributed by atoms with Gasteiger partial charge in [-0.15, -0.1) is 0 Å². The van der Waals surface area contributed by atoms with E-state index < -0.39 is 0 Å². The lowest BCUT2D eigenvalue weighted by Gasteiger charge is -2.38. The predicted molar refractivity (Wildman–Crippen MR) is 104 cm³/mol. The summed E-state index contributed by atoms with van der Waals surface area (Å²) in [6, 6.07) is 4.29. The van der Waals surface area contributed by atoms with Gasteiger partial charge in [0.25, 0.3) is 0 Å². The van der Waals surface area contributed by atoms with Gasteiger partial charge >= 0.3 is 0 Å². The zero-order chi connectivity index (χ0) is 18.6. The molecule has 2 aromatic rings. The van der Waals surface area contributed by atoms with E-state index in [1.807, 2.05) is 12.1 Å². The van der Waals surface area contributed by atoms with Gasteiger partial charge in [0.1, 0.15) is 5.82 Å². The highest BCUT2D eigenvalue weighted by molar-refractivity contribution is 5.78. The molecule has 6 nitrogen and oxygen atoms in total. The second-order valence-electron chi connectivity index (χ2n) is 7.88. The molecule has 0 unspecified atom stereocenters. The van der Waals surface area contributed by atoms with Crippen molar-refractivity contribution >= 4 is 5.91 Å². The van der Waals surface area contributed by atoms with E-state index in [4.69, 9.17) is 4.98 Å². The van der Waals surface area contributed by atoms with Gasteiger partial charge in [-0.1, -0.05) is 6.42 Å². The van der Waals surface area contributed by atoms with E-state index in [-0.39, 0.29) is 5.91 Å². The molecule has 1 aliphatic heterocycles. The van der Waals surface area contributed by atoms with Gasteiger partial charge in [-0.2, -0.15) is 0 Å². The van der Waals surface area contributed by atoms with Gasteiger partial charge < -0.3 is 9.88 Å². The average Bonchev–Trinajstić information content (AvgIpc) is 3.04. The minimum atomic E-state index is 0.0403. The van der Waals surface area contributed by atoms with Crippen LogP contribution in [0.25, 0.3) is 0 Å². The van der Waals surface area contributed by atoms with Crippen LogP contribution in [0, 0.1) is 5.92 Å². The molecule has 2 aliphatic rings. The highest BCUT2D eigenvalue weighted by Gasteiger charge is 2.29. The molecule has 1 fully saturated rings. The maximum absolute atomic E-state index is 12.3. The molecule has 0 radical (unpaired) electrons. The Bertz CT molecular complexity index is 768. The van der Waals surface area contributed by atoms with Crippen molar-refractivity contribution in [2.75, 3.05) is 19.6 Å². The summed E-state index contributed by atoms with van der Waals surface area (Å²) < 4.78 is 2.24. The van der Waals surface area contributed by atoms with E-state index in [0.717, 1.165) is 36.9 Å². The molecule has 144 valence electrons. The van der Waals surface area contributed by atoms with E-state index in [1.165, 1.54) is 31.4 Å². The van der Waals surface area contributed by atoms with Gasteiger partial charge in [0.05, 0.1) is 18.2 Å². The van der Waals surface area contributed by atoms with Gasteiger partial charge in [0, 0.05) is 44.8 Å². The van der Waals surface area contributed by atoms with Crippen LogP contribution in [0.1, 0.15) is 49.3 Å². The summed E-state index contributed by atoms with van der Waals surface area (Å²) in [5, 5.41) is 3.00. The van der Waals surface area contributed by atoms with Crippen LogP contribution in [0.2, 0.25) is 0 Å². The third-order valence-corrected chi connectivity index (χ3v) is 5.95. The van der Waals surface area contributed by atoms with Crippen LogP contribution >= 0.6 is 0 Å². The monoisotopic (exact) mass is 367 g/mol. The Morgan fingerprint density at radius 2 is 2.07 bits per heavy atom. The van der Waals surface area contributed by atoms with Crippen LogP contribution in [0.4, 0.5) is 0 Å². The van der Waals surface area contributed by atoms with Gasteiger partial charge in [0.2, 0.25) is 5.91 Å². The molecule has 2 aromatic heterocycles. The summed E-state index contributed by atoms with van der Waals surface area (Å²) in [7, 11) is 0. The van der Waals surface area contributed by atoms with Gasteiger partial charge in [-0.05, 0) is 49.8 Å². The van der Waals surface area contributed by atoms with E-state index >= 15 is 0 Å². The van der Waals surface area contributed by atoms with E-state index in [2.05, 4.69) is 32.9 Å². The molecular weight excluding hydrogens is 338 g/mol. The summed E-state index contributed by atoms with van der Waals surface area (Å²) >= 11 is 0. The van der Waals surface area contributed by atoms with Crippen molar-refractivity contribution in [1.29, 1.82) is 0 Å². The Morgan fingerprint density at radius 3 is 2.81 bits per heavy atom. The van der Waals surface area contributed by atoms with Crippen LogP contribution < -0.4 is 5.32 Å². The van der Waals surface area contributed by atoms with E-state index in [9.17, 15) is 4.79 Å². The number of hydrogen-bond donors (Lipinski definition) is 1. The number of aromatic nitrogens is 3. The molecule has 1 amide bonds. The summed E-state index contributed by atoms with van der Waals surface area (Å²) in [6.07, 6.45) is 10.9. The maximum Gasteiger partial charge on any atom is 0.226 e. The van der Waals surface area contributed by atoms with Crippen molar-refractivity contribution < 1.29 is 4.79 Å². The lowest BCUT2D eigenvalue weighted by Crippen LogP contribution is -2.41. The van der Waals surface area contributed by atoms with Crippen molar-refractivity contribution in [2.24, 2.45) is 5.92 Å². The van der Waals surface area contributed by atoms with Gasteiger partial charge in [0.15, 0.2) is 0 Å². The lowest BCUT2D eigenvalue weighted by molar-refractivity contribution is -0.120. The molecule has 0 aromatic carbocycles. The van der Waals surface area contributed by atoms with E-state index in [1.54, 1.807) is 12.4 Å². The number of carbonyl (C=O) groups is 1. The molecule has 0 saturated heterocycles. The van der Waals surface area contributed by atoms with Crippen molar-refractivity contribution in [3.63, 3.8) is 0 Å². The van der Waals surface area contributed by atoms with Crippen molar-refractivity contribution in [3.05, 3.63) is 47.8 Å². The van der Waals surface area contributed by atoms with Crippen LogP contribution in [0.5, 0.6) is 0 Å².